The lowest BCUT2D eigenvalue weighted by Crippen LogP contribution is -2.52. The summed E-state index contributed by atoms with van der Waals surface area (Å²) in [5.41, 5.74) is 1.34. The number of hydrogen-bond acceptors (Lipinski definition) is 7. The number of benzene rings is 2. The third-order valence-corrected chi connectivity index (χ3v) is 10.0. The van der Waals surface area contributed by atoms with Crippen molar-refractivity contribution in [3.05, 3.63) is 63.1 Å². The van der Waals surface area contributed by atoms with Gasteiger partial charge in [-0.3, -0.25) is 29.4 Å². The second-order valence-electron chi connectivity index (χ2n) is 12.3. The Kier molecular flexibility index (Phi) is 9.05. The van der Waals surface area contributed by atoms with Gasteiger partial charge in [0, 0.05) is 47.2 Å². The van der Waals surface area contributed by atoms with Crippen LogP contribution in [0.25, 0.3) is 0 Å². The standard InChI is InChI=1S/C33H35Cl2N5O5/c34-22-16-21(17-23(35)18-22)33(20-36)9-13-39(14-10-33)32(44)27-5-2-11-38(27)12-3-15-45-28-6-1-4-24-25(28)19-40(31(24)43)26-7-8-29(41)37-30(26)42/h1,4,6,16-18,26-27H,2-3,5,7-15,19H2,(H,37,41,42)/t26?,27-/m1/s1. The summed E-state index contributed by atoms with van der Waals surface area (Å²) in [6.07, 6.45) is 4.01. The molecular weight excluding hydrogens is 617 g/mol. The first-order chi connectivity index (χ1) is 21.7. The fraction of sp³-hybridized carbons (Fsp3) is 0.485. The Balaban J connectivity index is 1.01. The van der Waals surface area contributed by atoms with Gasteiger partial charge >= 0.3 is 0 Å². The molecule has 0 spiro atoms. The number of hydrogen-bond donors (Lipinski definition) is 1. The van der Waals surface area contributed by atoms with E-state index in [-0.39, 0.29) is 36.7 Å². The number of rotatable bonds is 8. The maximum absolute atomic E-state index is 13.6. The first-order valence-electron chi connectivity index (χ1n) is 15.5. The number of nitrogens with zero attached hydrogens (tertiary/aromatic N) is 4. The van der Waals surface area contributed by atoms with Crippen molar-refractivity contribution in [2.45, 2.75) is 69.0 Å². The number of piperidine rings is 2. The van der Waals surface area contributed by atoms with E-state index < -0.39 is 17.4 Å². The highest BCUT2D eigenvalue weighted by Gasteiger charge is 2.42. The Bertz CT molecular complexity index is 1550. The SMILES string of the molecule is N#CC1(c2cc(Cl)cc(Cl)c2)CCN(C(=O)[C@H]2CCCN2CCCOc2cccc3c2CN(C2CCC(=O)NC2=O)C3=O)CC1. The minimum absolute atomic E-state index is 0.108. The lowest BCUT2D eigenvalue weighted by atomic mass is 9.74. The van der Waals surface area contributed by atoms with Crippen LogP contribution >= 0.6 is 23.2 Å². The monoisotopic (exact) mass is 651 g/mol. The summed E-state index contributed by atoms with van der Waals surface area (Å²) in [5, 5.41) is 13.4. The number of imide groups is 1. The number of amides is 4. The van der Waals surface area contributed by atoms with Crippen LogP contribution in [0.4, 0.5) is 0 Å². The molecule has 4 heterocycles. The predicted molar refractivity (Wildman–Crippen MR) is 167 cm³/mol. The van der Waals surface area contributed by atoms with Crippen LogP contribution in [0.1, 0.15) is 66.4 Å². The van der Waals surface area contributed by atoms with Crippen molar-refractivity contribution in [3.8, 4) is 11.8 Å². The van der Waals surface area contributed by atoms with E-state index in [2.05, 4.69) is 16.3 Å². The molecule has 0 bridgehead atoms. The summed E-state index contributed by atoms with van der Waals surface area (Å²) >= 11 is 12.4. The molecule has 0 radical (unpaired) electrons. The van der Waals surface area contributed by atoms with E-state index in [9.17, 15) is 24.4 Å². The first-order valence-corrected chi connectivity index (χ1v) is 16.2. The summed E-state index contributed by atoms with van der Waals surface area (Å²) in [7, 11) is 0. The molecule has 0 saturated carbocycles. The second-order valence-corrected chi connectivity index (χ2v) is 13.1. The zero-order valence-electron chi connectivity index (χ0n) is 24.9. The molecule has 12 heteroatoms. The van der Waals surface area contributed by atoms with Gasteiger partial charge in [-0.1, -0.05) is 29.3 Å². The summed E-state index contributed by atoms with van der Waals surface area (Å²) in [4.78, 5) is 56.3. The normalized spacial score (nSPS) is 23.1. The van der Waals surface area contributed by atoms with Gasteiger partial charge in [-0.25, -0.2) is 0 Å². The third-order valence-electron chi connectivity index (χ3n) is 9.59. The smallest absolute Gasteiger partial charge is 0.255 e. The molecule has 10 nitrogen and oxygen atoms in total. The fourth-order valence-electron chi connectivity index (χ4n) is 7.13. The number of halogens is 2. The van der Waals surface area contributed by atoms with Crippen LogP contribution in [-0.4, -0.2) is 83.2 Å². The van der Waals surface area contributed by atoms with Crippen LogP contribution in [-0.2, 0) is 26.3 Å². The van der Waals surface area contributed by atoms with Crippen molar-refractivity contribution in [3.63, 3.8) is 0 Å². The van der Waals surface area contributed by atoms with Crippen molar-refractivity contribution in [2.24, 2.45) is 0 Å². The molecule has 1 N–H and O–H groups in total. The zero-order chi connectivity index (χ0) is 31.7. The van der Waals surface area contributed by atoms with Gasteiger partial charge in [-0.15, -0.1) is 0 Å². The van der Waals surface area contributed by atoms with E-state index in [0.717, 1.165) is 30.5 Å². The maximum Gasteiger partial charge on any atom is 0.255 e. The largest absolute Gasteiger partial charge is 0.493 e. The average molecular weight is 653 g/mol. The number of likely N-dealkylation sites (tertiary alicyclic amines) is 2. The summed E-state index contributed by atoms with van der Waals surface area (Å²) < 4.78 is 6.14. The summed E-state index contributed by atoms with van der Waals surface area (Å²) in [5.74, 6) is -0.270. The van der Waals surface area contributed by atoms with Crippen LogP contribution < -0.4 is 10.1 Å². The summed E-state index contributed by atoms with van der Waals surface area (Å²) in [6, 6.07) is 12.2. The second kappa shape index (κ2) is 13.0. The van der Waals surface area contributed by atoms with E-state index in [1.165, 1.54) is 4.90 Å². The Labute approximate surface area is 272 Å². The van der Waals surface area contributed by atoms with Gasteiger partial charge in [-0.05, 0) is 81.0 Å². The molecule has 0 aliphatic carbocycles. The predicted octanol–water partition coefficient (Wildman–Crippen LogP) is 4.07. The molecule has 0 aromatic heterocycles. The zero-order valence-corrected chi connectivity index (χ0v) is 26.4. The van der Waals surface area contributed by atoms with Crippen LogP contribution in [0.15, 0.2) is 36.4 Å². The Morgan fingerprint density at radius 3 is 2.53 bits per heavy atom. The van der Waals surface area contributed by atoms with E-state index >= 15 is 0 Å². The number of carbonyl (C=O) groups excluding carboxylic acids is 4. The number of carbonyl (C=O) groups is 4. The molecule has 236 valence electrons. The van der Waals surface area contributed by atoms with E-state index in [0.29, 0.717) is 73.3 Å². The number of fused-ring (bicyclic) bond motifs is 1. The van der Waals surface area contributed by atoms with Gasteiger partial charge < -0.3 is 14.5 Å². The quantitative estimate of drug-likeness (QED) is 0.337. The van der Waals surface area contributed by atoms with Gasteiger partial charge in [0.15, 0.2) is 0 Å². The minimum atomic E-state index is -0.723. The van der Waals surface area contributed by atoms with Crippen molar-refractivity contribution >= 4 is 46.8 Å². The lowest BCUT2D eigenvalue weighted by molar-refractivity contribution is -0.138. The maximum atomic E-state index is 13.6. The highest BCUT2D eigenvalue weighted by Crippen LogP contribution is 2.38. The lowest BCUT2D eigenvalue weighted by Gasteiger charge is -2.39. The molecule has 6 rings (SSSR count). The van der Waals surface area contributed by atoms with Crippen LogP contribution in [0.2, 0.25) is 10.0 Å². The summed E-state index contributed by atoms with van der Waals surface area (Å²) in [6.45, 7) is 3.20. The topological polar surface area (TPSA) is 123 Å². The van der Waals surface area contributed by atoms with Gasteiger partial charge in [0.2, 0.25) is 17.7 Å². The number of nitrogens with one attached hydrogen (secondary N) is 1. The van der Waals surface area contributed by atoms with E-state index in [1.54, 1.807) is 30.3 Å². The van der Waals surface area contributed by atoms with Crippen molar-refractivity contribution < 1.29 is 23.9 Å². The fourth-order valence-corrected chi connectivity index (χ4v) is 7.66. The van der Waals surface area contributed by atoms with Crippen LogP contribution in [0.3, 0.4) is 0 Å². The Morgan fingerprint density at radius 1 is 1.07 bits per heavy atom. The van der Waals surface area contributed by atoms with Gasteiger partial charge in [0.05, 0.1) is 30.7 Å². The Morgan fingerprint density at radius 2 is 1.82 bits per heavy atom. The molecule has 45 heavy (non-hydrogen) atoms. The highest BCUT2D eigenvalue weighted by atomic mass is 35.5. The first kappa shape index (κ1) is 31.3. The Hall–Kier alpha value is -3.65. The number of ether oxygens (including phenoxy) is 1. The van der Waals surface area contributed by atoms with Crippen LogP contribution in [0.5, 0.6) is 5.75 Å². The van der Waals surface area contributed by atoms with Crippen molar-refractivity contribution in [1.29, 1.82) is 5.26 Å². The average Bonchev–Trinajstić information content (AvgIpc) is 3.63. The third kappa shape index (κ3) is 6.26. The van der Waals surface area contributed by atoms with Crippen molar-refractivity contribution in [1.82, 2.24) is 20.0 Å². The van der Waals surface area contributed by atoms with Crippen LogP contribution in [0, 0.1) is 11.3 Å². The molecule has 2 aromatic carbocycles. The molecule has 3 fully saturated rings. The molecule has 3 saturated heterocycles. The molecular formula is C33H35Cl2N5O5. The highest BCUT2D eigenvalue weighted by molar-refractivity contribution is 6.34. The van der Waals surface area contributed by atoms with E-state index in [4.69, 9.17) is 27.9 Å². The molecule has 4 aliphatic heterocycles. The van der Waals surface area contributed by atoms with E-state index in [1.807, 2.05) is 11.0 Å². The molecule has 4 aliphatic rings. The van der Waals surface area contributed by atoms with Gasteiger partial charge in [-0.2, -0.15) is 5.26 Å². The van der Waals surface area contributed by atoms with Gasteiger partial charge in [0.25, 0.3) is 5.91 Å². The minimum Gasteiger partial charge on any atom is -0.493 e. The molecule has 2 atom stereocenters. The van der Waals surface area contributed by atoms with Gasteiger partial charge in [0.1, 0.15) is 11.8 Å². The molecule has 4 amide bonds. The number of nitriles is 1. The molecule has 1 unspecified atom stereocenters. The van der Waals surface area contributed by atoms with Crippen molar-refractivity contribution in [2.75, 3.05) is 32.8 Å². The molecule has 2 aromatic rings.